The van der Waals surface area contributed by atoms with E-state index in [1.54, 1.807) is 0 Å². The van der Waals surface area contributed by atoms with Crippen LogP contribution in [-0.4, -0.2) is 36.9 Å². The lowest BCUT2D eigenvalue weighted by molar-refractivity contribution is -0.171. The van der Waals surface area contributed by atoms with Gasteiger partial charge in [-0.15, -0.1) is 0 Å². The van der Waals surface area contributed by atoms with Crippen molar-refractivity contribution in [2.45, 2.75) is 31.2 Å². The minimum Gasteiger partial charge on any atom is -0.344 e. The van der Waals surface area contributed by atoms with Crippen molar-refractivity contribution in [3.05, 3.63) is 0 Å². The van der Waals surface area contributed by atoms with Gasteiger partial charge in [0.2, 0.25) is 0 Å². The summed E-state index contributed by atoms with van der Waals surface area (Å²) < 4.78 is 48.8. The number of halogens is 4. The topological polar surface area (TPSA) is 41.1 Å². The second kappa shape index (κ2) is 3.96. The second-order valence-corrected chi connectivity index (χ2v) is 3.87. The van der Waals surface area contributed by atoms with E-state index in [1.165, 1.54) is 6.92 Å². The highest BCUT2D eigenvalue weighted by Crippen LogP contribution is 2.24. The molecule has 3 nitrogen and oxygen atoms in total. The molecule has 1 atom stereocenters. The Morgan fingerprint density at radius 2 is 2.13 bits per heavy atom. The Morgan fingerprint density at radius 3 is 2.53 bits per heavy atom. The standard InChI is InChI=1S/C8H12F4N2O/c1-7(2-3-13-4-7)14-6(15)8(11,12)5(9)10/h5,13H,2-4H2,1H3,(H,14,15). The van der Waals surface area contributed by atoms with E-state index < -0.39 is 23.8 Å². The molecule has 0 aliphatic carbocycles. The van der Waals surface area contributed by atoms with Crippen molar-refractivity contribution >= 4 is 5.91 Å². The van der Waals surface area contributed by atoms with E-state index in [2.05, 4.69) is 5.32 Å². The van der Waals surface area contributed by atoms with Crippen LogP contribution in [0.2, 0.25) is 0 Å². The molecule has 0 radical (unpaired) electrons. The summed E-state index contributed by atoms with van der Waals surface area (Å²) in [4.78, 5) is 10.9. The summed E-state index contributed by atoms with van der Waals surface area (Å²) in [7, 11) is 0. The summed E-state index contributed by atoms with van der Waals surface area (Å²) >= 11 is 0. The molecule has 0 aromatic carbocycles. The van der Waals surface area contributed by atoms with Gasteiger partial charge < -0.3 is 10.6 Å². The van der Waals surface area contributed by atoms with E-state index in [0.29, 0.717) is 19.5 Å². The fourth-order valence-electron chi connectivity index (χ4n) is 1.38. The van der Waals surface area contributed by atoms with Crippen LogP contribution < -0.4 is 10.6 Å². The third kappa shape index (κ3) is 2.58. The van der Waals surface area contributed by atoms with E-state index in [0.717, 1.165) is 0 Å². The van der Waals surface area contributed by atoms with Crippen molar-refractivity contribution in [3.63, 3.8) is 0 Å². The molecule has 2 N–H and O–H groups in total. The van der Waals surface area contributed by atoms with Crippen molar-refractivity contribution in [1.29, 1.82) is 0 Å². The molecule has 88 valence electrons. The van der Waals surface area contributed by atoms with E-state index in [4.69, 9.17) is 0 Å². The lowest BCUT2D eigenvalue weighted by Gasteiger charge is -2.26. The average Bonchev–Trinajstić information content (AvgIpc) is 2.51. The van der Waals surface area contributed by atoms with Crippen LogP contribution in [0.5, 0.6) is 0 Å². The molecule has 1 unspecified atom stereocenters. The third-order valence-electron chi connectivity index (χ3n) is 2.36. The van der Waals surface area contributed by atoms with Crippen molar-refractivity contribution in [3.8, 4) is 0 Å². The zero-order chi connectivity index (χ0) is 11.7. The fourth-order valence-corrected chi connectivity index (χ4v) is 1.38. The van der Waals surface area contributed by atoms with E-state index in [1.807, 2.05) is 5.32 Å². The van der Waals surface area contributed by atoms with Crippen LogP contribution in [0.15, 0.2) is 0 Å². The van der Waals surface area contributed by atoms with Crippen LogP contribution in [0, 0.1) is 0 Å². The van der Waals surface area contributed by atoms with Gasteiger partial charge in [0, 0.05) is 6.54 Å². The number of hydrogen-bond donors (Lipinski definition) is 2. The zero-order valence-electron chi connectivity index (χ0n) is 8.12. The first kappa shape index (κ1) is 12.2. The van der Waals surface area contributed by atoms with Crippen molar-refractivity contribution in [2.75, 3.05) is 13.1 Å². The smallest absolute Gasteiger partial charge is 0.344 e. The zero-order valence-corrected chi connectivity index (χ0v) is 8.12. The van der Waals surface area contributed by atoms with Gasteiger partial charge in [-0.25, -0.2) is 8.78 Å². The predicted molar refractivity (Wildman–Crippen MR) is 45.0 cm³/mol. The number of rotatable bonds is 3. The summed E-state index contributed by atoms with van der Waals surface area (Å²) in [5.74, 6) is -6.53. The molecule has 1 rings (SSSR count). The maximum atomic E-state index is 12.6. The summed E-state index contributed by atoms with van der Waals surface area (Å²) in [5.41, 5.74) is -0.866. The molecule has 1 heterocycles. The number of hydrogen-bond acceptors (Lipinski definition) is 2. The lowest BCUT2D eigenvalue weighted by Crippen LogP contribution is -2.55. The second-order valence-electron chi connectivity index (χ2n) is 3.87. The molecule has 0 aromatic rings. The van der Waals surface area contributed by atoms with Crippen molar-refractivity contribution in [1.82, 2.24) is 10.6 Å². The van der Waals surface area contributed by atoms with Crippen LogP contribution >= 0.6 is 0 Å². The maximum absolute atomic E-state index is 12.6. The third-order valence-corrected chi connectivity index (χ3v) is 2.36. The normalized spacial score (nSPS) is 27.1. The van der Waals surface area contributed by atoms with Crippen molar-refractivity contribution < 1.29 is 22.4 Å². The Labute approximate surface area is 84.2 Å². The minimum absolute atomic E-state index is 0.304. The van der Waals surface area contributed by atoms with Gasteiger partial charge >= 0.3 is 12.3 Å². The van der Waals surface area contributed by atoms with Crippen LogP contribution in [0.4, 0.5) is 17.6 Å². The molecule has 7 heteroatoms. The summed E-state index contributed by atoms with van der Waals surface area (Å²) in [6.45, 7) is 2.40. The molecule has 1 fully saturated rings. The Bertz CT molecular complexity index is 251. The van der Waals surface area contributed by atoms with Gasteiger partial charge in [0.25, 0.3) is 5.91 Å². The number of alkyl halides is 4. The van der Waals surface area contributed by atoms with Gasteiger partial charge in [-0.1, -0.05) is 0 Å². The fraction of sp³-hybridized carbons (Fsp3) is 0.875. The monoisotopic (exact) mass is 228 g/mol. The highest BCUT2D eigenvalue weighted by molar-refractivity contribution is 5.84. The van der Waals surface area contributed by atoms with Crippen molar-refractivity contribution in [2.24, 2.45) is 0 Å². The number of nitrogens with one attached hydrogen (secondary N) is 2. The maximum Gasteiger partial charge on any atom is 0.383 e. The van der Waals surface area contributed by atoms with Crippen LogP contribution in [0.1, 0.15) is 13.3 Å². The van der Waals surface area contributed by atoms with Crippen LogP contribution in [0.25, 0.3) is 0 Å². The highest BCUT2D eigenvalue weighted by Gasteiger charge is 2.50. The average molecular weight is 228 g/mol. The van der Waals surface area contributed by atoms with E-state index in [-0.39, 0.29) is 0 Å². The molecule has 1 saturated heterocycles. The molecular weight excluding hydrogens is 216 g/mol. The Hall–Kier alpha value is -0.850. The Morgan fingerprint density at radius 1 is 1.53 bits per heavy atom. The molecule has 1 amide bonds. The minimum atomic E-state index is -4.62. The molecule has 0 aromatic heterocycles. The first-order valence-corrected chi connectivity index (χ1v) is 4.47. The van der Waals surface area contributed by atoms with Gasteiger partial charge in [-0.3, -0.25) is 4.79 Å². The van der Waals surface area contributed by atoms with E-state index >= 15 is 0 Å². The van der Waals surface area contributed by atoms with Crippen LogP contribution in [0.3, 0.4) is 0 Å². The molecule has 0 spiro atoms. The van der Waals surface area contributed by atoms with Gasteiger partial charge in [0.1, 0.15) is 0 Å². The molecule has 1 aliphatic heterocycles. The number of carbonyl (C=O) groups excluding carboxylic acids is 1. The summed E-state index contributed by atoms with van der Waals surface area (Å²) in [5, 5.41) is 4.80. The highest BCUT2D eigenvalue weighted by atomic mass is 19.3. The van der Waals surface area contributed by atoms with Gasteiger partial charge in [-0.05, 0) is 19.9 Å². The molecule has 15 heavy (non-hydrogen) atoms. The number of amides is 1. The SMILES string of the molecule is CC1(NC(=O)C(F)(F)C(F)F)CCNC1. The number of carbonyl (C=O) groups is 1. The van der Waals surface area contributed by atoms with Gasteiger partial charge in [-0.2, -0.15) is 8.78 Å². The Kier molecular flexibility index (Phi) is 3.22. The van der Waals surface area contributed by atoms with Gasteiger partial charge in [0.05, 0.1) is 5.54 Å². The summed E-state index contributed by atoms with van der Waals surface area (Å²) in [6.07, 6.45) is -3.53. The molecule has 0 bridgehead atoms. The predicted octanol–water partition coefficient (Wildman–Crippen LogP) is 0.755. The largest absolute Gasteiger partial charge is 0.383 e. The van der Waals surface area contributed by atoms with Crippen LogP contribution in [-0.2, 0) is 4.79 Å². The molecule has 0 saturated carbocycles. The molecule has 1 aliphatic rings. The van der Waals surface area contributed by atoms with Gasteiger partial charge in [0.15, 0.2) is 0 Å². The van der Waals surface area contributed by atoms with E-state index in [9.17, 15) is 22.4 Å². The first-order chi connectivity index (χ1) is 6.78. The summed E-state index contributed by atoms with van der Waals surface area (Å²) in [6, 6.07) is 0. The quantitative estimate of drug-likeness (QED) is 0.700. The Balaban J connectivity index is 2.62. The molecular formula is C8H12F4N2O. The lowest BCUT2D eigenvalue weighted by atomic mass is 10.0. The first-order valence-electron chi connectivity index (χ1n) is 4.47.